The van der Waals surface area contributed by atoms with E-state index in [1.165, 1.54) is 17.7 Å². The molecule has 22 heavy (non-hydrogen) atoms. The molecule has 2 N–H and O–H groups in total. The van der Waals surface area contributed by atoms with Crippen LogP contribution < -0.4 is 5.32 Å². The van der Waals surface area contributed by atoms with E-state index in [0.717, 1.165) is 0 Å². The van der Waals surface area contributed by atoms with E-state index in [1.54, 1.807) is 0 Å². The van der Waals surface area contributed by atoms with E-state index in [9.17, 15) is 9.59 Å². The number of carboxylic acids is 1. The minimum atomic E-state index is -0.939. The van der Waals surface area contributed by atoms with Gasteiger partial charge in [-0.15, -0.1) is 11.3 Å². The molecule has 1 amide bonds. The molecule has 0 unspecified atom stereocenters. The molecule has 3 heterocycles. The normalized spacial score (nSPS) is 17.3. The summed E-state index contributed by atoms with van der Waals surface area (Å²) in [6.45, 7) is 0.873. The molecule has 1 fully saturated rings. The molecule has 0 atom stereocenters. The number of carbonyl (C=O) groups excluding carboxylic acids is 1. The Morgan fingerprint density at radius 1 is 1.36 bits per heavy atom. The van der Waals surface area contributed by atoms with Crippen molar-refractivity contribution in [2.45, 2.75) is 24.8 Å². The second-order valence-corrected chi connectivity index (χ2v) is 6.19. The molecule has 1 saturated heterocycles. The van der Waals surface area contributed by atoms with Crippen LogP contribution in [0.15, 0.2) is 17.8 Å². The Morgan fingerprint density at radius 2 is 2.14 bits per heavy atom. The fraction of sp³-hybridized carbons (Fsp3) is 0.429. The lowest BCUT2D eigenvalue weighted by molar-refractivity contribution is -0.139. The van der Waals surface area contributed by atoms with Crippen molar-refractivity contribution in [3.05, 3.63) is 23.5 Å². The highest BCUT2D eigenvalue weighted by Gasteiger charge is 2.37. The predicted octanol–water partition coefficient (Wildman–Crippen LogP) is 1.44. The Labute approximate surface area is 130 Å². The van der Waals surface area contributed by atoms with Gasteiger partial charge in [-0.05, 0) is 24.3 Å². The van der Waals surface area contributed by atoms with Crippen LogP contribution in [-0.2, 0) is 9.53 Å². The maximum absolute atomic E-state index is 12.6. The van der Waals surface area contributed by atoms with Crippen molar-refractivity contribution in [2.24, 2.45) is 0 Å². The third-order valence-electron chi connectivity index (χ3n) is 3.78. The van der Waals surface area contributed by atoms with E-state index in [2.05, 4.69) is 15.3 Å². The molecule has 0 spiro atoms. The summed E-state index contributed by atoms with van der Waals surface area (Å²) in [5.41, 5.74) is 0.219. The number of aliphatic carboxylic acids is 1. The fourth-order valence-electron chi connectivity index (χ4n) is 2.65. The molecule has 2 aromatic rings. The van der Waals surface area contributed by atoms with E-state index in [-0.39, 0.29) is 18.0 Å². The van der Waals surface area contributed by atoms with Gasteiger partial charge in [0.15, 0.2) is 0 Å². The molecule has 0 aromatic carbocycles. The molecule has 7 nitrogen and oxygen atoms in total. The minimum absolute atomic E-state index is 0.124. The summed E-state index contributed by atoms with van der Waals surface area (Å²) in [5, 5.41) is 13.9. The van der Waals surface area contributed by atoms with Crippen molar-refractivity contribution < 1.29 is 19.4 Å². The lowest BCUT2D eigenvalue weighted by atomic mass is 9.86. The topological polar surface area (TPSA) is 101 Å². The fourth-order valence-corrected chi connectivity index (χ4v) is 3.48. The van der Waals surface area contributed by atoms with Gasteiger partial charge < -0.3 is 15.2 Å². The Bertz CT molecular complexity index is 709. The molecule has 116 valence electrons. The minimum Gasteiger partial charge on any atom is -0.481 e. The van der Waals surface area contributed by atoms with Crippen molar-refractivity contribution in [3.8, 4) is 0 Å². The molecule has 0 bridgehead atoms. The predicted molar refractivity (Wildman–Crippen MR) is 79.9 cm³/mol. The SMILES string of the molecule is O=C(O)CC1(NC(=O)c2ncnc3ccsc23)CCOCC1. The smallest absolute Gasteiger partial charge is 0.305 e. The highest BCUT2D eigenvalue weighted by Crippen LogP contribution is 2.27. The summed E-state index contributed by atoms with van der Waals surface area (Å²) in [5.74, 6) is -1.30. The Hall–Kier alpha value is -2.06. The number of nitrogens with one attached hydrogen (secondary N) is 1. The second kappa shape index (κ2) is 5.98. The Kier molecular flexibility index (Phi) is 4.04. The number of nitrogens with zero attached hydrogens (tertiary/aromatic N) is 2. The van der Waals surface area contributed by atoms with Gasteiger partial charge in [-0.2, -0.15) is 0 Å². The number of thiophene rings is 1. The monoisotopic (exact) mass is 321 g/mol. The number of rotatable bonds is 4. The van der Waals surface area contributed by atoms with Crippen LogP contribution in [0.2, 0.25) is 0 Å². The van der Waals surface area contributed by atoms with Gasteiger partial charge in [0, 0.05) is 13.2 Å². The first-order valence-corrected chi connectivity index (χ1v) is 7.78. The number of hydrogen-bond acceptors (Lipinski definition) is 6. The Morgan fingerprint density at radius 3 is 2.86 bits per heavy atom. The molecular formula is C14H15N3O4S. The Balaban J connectivity index is 1.87. The number of carboxylic acid groups (broad SMARTS) is 1. The van der Waals surface area contributed by atoms with Crippen LogP contribution in [0.25, 0.3) is 10.2 Å². The van der Waals surface area contributed by atoms with Gasteiger partial charge in [0.05, 0.1) is 22.2 Å². The zero-order valence-corrected chi connectivity index (χ0v) is 12.6. The van der Waals surface area contributed by atoms with Gasteiger partial charge in [0.25, 0.3) is 5.91 Å². The van der Waals surface area contributed by atoms with Crippen LogP contribution in [-0.4, -0.2) is 45.7 Å². The zero-order valence-electron chi connectivity index (χ0n) is 11.7. The van der Waals surface area contributed by atoms with Crippen LogP contribution in [0.3, 0.4) is 0 Å². The van der Waals surface area contributed by atoms with Crippen molar-refractivity contribution in [1.29, 1.82) is 0 Å². The van der Waals surface area contributed by atoms with Crippen molar-refractivity contribution >= 4 is 33.4 Å². The van der Waals surface area contributed by atoms with E-state index in [1.807, 2.05) is 11.4 Å². The quantitative estimate of drug-likeness (QED) is 0.883. The summed E-state index contributed by atoms with van der Waals surface area (Å²) in [4.78, 5) is 31.9. The largest absolute Gasteiger partial charge is 0.481 e. The molecule has 0 saturated carbocycles. The van der Waals surface area contributed by atoms with E-state index in [0.29, 0.717) is 36.3 Å². The van der Waals surface area contributed by atoms with E-state index >= 15 is 0 Å². The summed E-state index contributed by atoms with van der Waals surface area (Å²) in [7, 11) is 0. The van der Waals surface area contributed by atoms with Crippen LogP contribution >= 0.6 is 11.3 Å². The van der Waals surface area contributed by atoms with Crippen LogP contribution in [0.4, 0.5) is 0 Å². The first-order chi connectivity index (χ1) is 10.6. The third-order valence-corrected chi connectivity index (χ3v) is 4.69. The standard InChI is InChI=1S/C14H15N3O4S/c18-10(19)7-14(2-4-21-5-3-14)17-13(20)11-12-9(1-6-22-12)15-8-16-11/h1,6,8H,2-5,7H2,(H,17,20)(H,18,19). The number of carbonyl (C=O) groups is 2. The molecule has 1 aliphatic rings. The number of aromatic nitrogens is 2. The molecule has 0 radical (unpaired) electrons. The maximum Gasteiger partial charge on any atom is 0.305 e. The molecule has 1 aliphatic heterocycles. The number of amides is 1. The van der Waals surface area contributed by atoms with Gasteiger partial charge in [-0.3, -0.25) is 9.59 Å². The van der Waals surface area contributed by atoms with Gasteiger partial charge in [0.2, 0.25) is 0 Å². The number of hydrogen-bond donors (Lipinski definition) is 2. The zero-order chi connectivity index (χ0) is 15.6. The maximum atomic E-state index is 12.6. The van der Waals surface area contributed by atoms with Crippen molar-refractivity contribution in [1.82, 2.24) is 15.3 Å². The average molecular weight is 321 g/mol. The molecular weight excluding hydrogens is 306 g/mol. The number of fused-ring (bicyclic) bond motifs is 1. The molecule has 3 rings (SSSR count). The lowest BCUT2D eigenvalue weighted by Gasteiger charge is -2.36. The van der Waals surface area contributed by atoms with Crippen molar-refractivity contribution in [3.63, 3.8) is 0 Å². The summed E-state index contributed by atoms with van der Waals surface area (Å²) in [6, 6.07) is 1.82. The first-order valence-electron chi connectivity index (χ1n) is 6.90. The number of ether oxygens (including phenoxy) is 1. The third kappa shape index (κ3) is 2.93. The molecule has 8 heteroatoms. The summed E-state index contributed by atoms with van der Waals surface area (Å²) in [6.07, 6.45) is 2.17. The van der Waals surface area contributed by atoms with Gasteiger partial charge in [0.1, 0.15) is 12.0 Å². The van der Waals surface area contributed by atoms with Crippen LogP contribution in [0.5, 0.6) is 0 Å². The van der Waals surface area contributed by atoms with Gasteiger partial charge in [-0.25, -0.2) is 9.97 Å². The highest BCUT2D eigenvalue weighted by molar-refractivity contribution is 7.17. The average Bonchev–Trinajstić information content (AvgIpc) is 2.95. The van der Waals surface area contributed by atoms with E-state index < -0.39 is 11.5 Å². The second-order valence-electron chi connectivity index (χ2n) is 5.27. The lowest BCUT2D eigenvalue weighted by Crippen LogP contribution is -2.53. The van der Waals surface area contributed by atoms with E-state index in [4.69, 9.17) is 9.84 Å². The van der Waals surface area contributed by atoms with Gasteiger partial charge in [-0.1, -0.05) is 0 Å². The summed E-state index contributed by atoms with van der Waals surface area (Å²) < 4.78 is 5.99. The highest BCUT2D eigenvalue weighted by atomic mass is 32.1. The summed E-state index contributed by atoms with van der Waals surface area (Å²) >= 11 is 1.39. The van der Waals surface area contributed by atoms with Crippen molar-refractivity contribution in [2.75, 3.05) is 13.2 Å². The van der Waals surface area contributed by atoms with Crippen LogP contribution in [0.1, 0.15) is 29.8 Å². The molecule has 0 aliphatic carbocycles. The van der Waals surface area contributed by atoms with Gasteiger partial charge >= 0.3 is 5.97 Å². The molecule has 2 aromatic heterocycles. The first kappa shape index (κ1) is 14.9. The van der Waals surface area contributed by atoms with Crippen LogP contribution in [0, 0.1) is 0 Å².